The second-order valence-electron chi connectivity index (χ2n) is 4.29. The highest BCUT2D eigenvalue weighted by atomic mass is 35.5. The maximum Gasteiger partial charge on any atom is 0.222 e. The van der Waals surface area contributed by atoms with Gasteiger partial charge in [0.15, 0.2) is 0 Å². The molecule has 2 aromatic rings. The zero-order chi connectivity index (χ0) is 13.8. The van der Waals surface area contributed by atoms with E-state index in [4.69, 9.17) is 34.7 Å². The minimum Gasteiger partial charge on any atom is -0.368 e. The summed E-state index contributed by atoms with van der Waals surface area (Å²) in [7, 11) is 0. The summed E-state index contributed by atoms with van der Waals surface area (Å²) in [5.41, 5.74) is 12.3. The summed E-state index contributed by atoms with van der Waals surface area (Å²) in [6.45, 7) is 0. The smallest absolute Gasteiger partial charge is 0.222 e. The number of benzene rings is 1. The number of anilines is 1. The predicted molar refractivity (Wildman–Crippen MR) is 85.5 cm³/mol. The van der Waals surface area contributed by atoms with E-state index in [-0.39, 0.29) is 28.7 Å². The van der Waals surface area contributed by atoms with Gasteiger partial charge in [-0.05, 0) is 12.0 Å². The highest BCUT2D eigenvalue weighted by Crippen LogP contribution is 2.38. The molecule has 108 valence electrons. The van der Waals surface area contributed by atoms with Gasteiger partial charge in [0.1, 0.15) is 10.3 Å². The fourth-order valence-electron chi connectivity index (χ4n) is 1.70. The highest BCUT2D eigenvalue weighted by Gasteiger charge is 2.34. The van der Waals surface area contributed by atoms with Crippen molar-refractivity contribution in [3.8, 4) is 0 Å². The number of aromatic nitrogens is 2. The minimum absolute atomic E-state index is 0. The molecule has 4 nitrogen and oxygen atoms in total. The lowest BCUT2D eigenvalue weighted by Gasteiger charge is -1.94. The zero-order valence-corrected chi connectivity index (χ0v) is 12.9. The summed E-state index contributed by atoms with van der Waals surface area (Å²) in [5.74, 6) is 0.744. The lowest BCUT2D eigenvalue weighted by molar-refractivity contribution is 0.991. The molecule has 1 aromatic heterocycles. The van der Waals surface area contributed by atoms with Crippen LogP contribution >= 0.6 is 35.6 Å². The van der Waals surface area contributed by atoms with Gasteiger partial charge in [-0.2, -0.15) is 0 Å². The van der Waals surface area contributed by atoms with Crippen LogP contribution in [0.4, 0.5) is 5.95 Å². The molecule has 2 atom stereocenters. The van der Waals surface area contributed by atoms with Crippen LogP contribution in [0.15, 0.2) is 36.4 Å². The third kappa shape index (κ3) is 5.13. The van der Waals surface area contributed by atoms with Crippen LogP contribution in [0.1, 0.15) is 17.9 Å². The summed E-state index contributed by atoms with van der Waals surface area (Å²) in [5, 5.41) is 0.514. The topological polar surface area (TPSA) is 77.8 Å². The van der Waals surface area contributed by atoms with E-state index >= 15 is 0 Å². The van der Waals surface area contributed by atoms with E-state index in [1.807, 2.05) is 6.07 Å². The van der Waals surface area contributed by atoms with E-state index in [9.17, 15) is 0 Å². The number of hydrogen-bond acceptors (Lipinski definition) is 4. The molecule has 1 fully saturated rings. The average molecular weight is 334 g/mol. The van der Waals surface area contributed by atoms with E-state index in [2.05, 4.69) is 34.2 Å². The van der Waals surface area contributed by atoms with Crippen LogP contribution in [0.3, 0.4) is 0 Å². The van der Waals surface area contributed by atoms with E-state index in [1.165, 1.54) is 18.1 Å². The van der Waals surface area contributed by atoms with Crippen LogP contribution in [0.5, 0.6) is 0 Å². The van der Waals surface area contributed by atoms with Crippen molar-refractivity contribution in [2.24, 2.45) is 5.73 Å². The fraction of sp³-hybridized carbons (Fsp3) is 0.231. The van der Waals surface area contributed by atoms with Gasteiger partial charge in [-0.25, -0.2) is 9.97 Å². The third-order valence-electron chi connectivity index (χ3n) is 2.75. The Morgan fingerprint density at radius 2 is 1.55 bits per heavy atom. The second-order valence-corrected chi connectivity index (χ2v) is 5.06. The molecule has 7 heteroatoms. The van der Waals surface area contributed by atoms with Crippen molar-refractivity contribution in [3.63, 3.8) is 0 Å². The lowest BCUT2D eigenvalue weighted by atomic mass is 10.1. The first-order valence-electron chi connectivity index (χ1n) is 5.82. The summed E-state index contributed by atoms with van der Waals surface area (Å²) in [6, 6.07) is 12.3. The Bertz CT molecular complexity index is 500. The fourth-order valence-corrected chi connectivity index (χ4v) is 2.14. The van der Waals surface area contributed by atoms with E-state index in [0.29, 0.717) is 12.0 Å². The molecule has 20 heavy (non-hydrogen) atoms. The lowest BCUT2D eigenvalue weighted by Crippen LogP contribution is -2.00. The quantitative estimate of drug-likeness (QED) is 0.785. The molecule has 0 amide bonds. The number of halogens is 3. The molecule has 1 saturated carbocycles. The Labute approximate surface area is 133 Å². The first-order valence-corrected chi connectivity index (χ1v) is 6.58. The standard InChI is InChI=1S/C9H11N.C4H3Cl2N3.ClH/c10-9-6-8(9)7-4-2-1-3-5-7;5-2-1-3(6)9-4(7)8-2;/h1-5,8-9H,6,10H2;1H,(H2,7,8,9);1H/t8-,9+;;/m1../s1. The van der Waals surface area contributed by atoms with Crippen LogP contribution in [-0.4, -0.2) is 16.0 Å². The molecule has 4 N–H and O–H groups in total. The van der Waals surface area contributed by atoms with E-state index in [1.54, 1.807) is 0 Å². The Balaban J connectivity index is 0.000000192. The first kappa shape index (κ1) is 17.0. The predicted octanol–water partition coefficient (Wildman–Crippen LogP) is 3.29. The van der Waals surface area contributed by atoms with Crippen LogP contribution in [0.2, 0.25) is 10.3 Å². The summed E-state index contributed by atoms with van der Waals surface area (Å²) in [4.78, 5) is 7.16. The number of nitrogens with two attached hydrogens (primary N) is 2. The molecule has 0 saturated heterocycles. The van der Waals surface area contributed by atoms with E-state index in [0.717, 1.165) is 0 Å². The first-order chi connectivity index (χ1) is 9.06. The van der Waals surface area contributed by atoms with Crippen LogP contribution in [-0.2, 0) is 0 Å². The summed E-state index contributed by atoms with van der Waals surface area (Å²) >= 11 is 10.9. The third-order valence-corrected chi connectivity index (χ3v) is 3.14. The molecule has 3 rings (SSSR count). The molecule has 1 aliphatic carbocycles. The number of rotatable bonds is 1. The molecular weight excluding hydrogens is 319 g/mol. The average Bonchev–Trinajstić information content (AvgIpc) is 3.06. The van der Waals surface area contributed by atoms with Gasteiger partial charge in [0, 0.05) is 18.0 Å². The molecule has 1 heterocycles. The molecule has 0 spiro atoms. The van der Waals surface area contributed by atoms with E-state index < -0.39 is 0 Å². The summed E-state index contributed by atoms with van der Waals surface area (Å²) < 4.78 is 0. The van der Waals surface area contributed by atoms with Gasteiger partial charge < -0.3 is 11.5 Å². The second kappa shape index (κ2) is 7.64. The van der Waals surface area contributed by atoms with Crippen molar-refractivity contribution in [1.29, 1.82) is 0 Å². The molecule has 0 bridgehead atoms. The van der Waals surface area contributed by atoms with Gasteiger partial charge in [0.2, 0.25) is 5.95 Å². The molecule has 1 aliphatic rings. The van der Waals surface area contributed by atoms with Crippen molar-refractivity contribution in [2.45, 2.75) is 18.4 Å². The molecule has 0 radical (unpaired) electrons. The maximum atomic E-state index is 5.70. The van der Waals surface area contributed by atoms with Crippen molar-refractivity contribution >= 4 is 41.6 Å². The Morgan fingerprint density at radius 3 is 1.95 bits per heavy atom. The van der Waals surface area contributed by atoms with Crippen molar-refractivity contribution in [1.82, 2.24) is 9.97 Å². The Morgan fingerprint density at radius 1 is 1.05 bits per heavy atom. The minimum atomic E-state index is 0. The normalized spacial score (nSPS) is 19.4. The van der Waals surface area contributed by atoms with Gasteiger partial charge >= 0.3 is 0 Å². The molecule has 0 aliphatic heterocycles. The van der Waals surface area contributed by atoms with Crippen molar-refractivity contribution in [2.75, 3.05) is 5.73 Å². The van der Waals surface area contributed by atoms with Gasteiger partial charge in [-0.3, -0.25) is 0 Å². The van der Waals surface area contributed by atoms with Gasteiger partial charge in [0.05, 0.1) is 0 Å². The number of hydrogen-bond donors (Lipinski definition) is 2. The molecular formula is C13H15Cl3N4. The highest BCUT2D eigenvalue weighted by molar-refractivity contribution is 6.33. The molecule has 0 unspecified atom stereocenters. The van der Waals surface area contributed by atoms with Crippen molar-refractivity contribution < 1.29 is 0 Å². The zero-order valence-electron chi connectivity index (χ0n) is 10.5. The Hall–Kier alpha value is -1.07. The summed E-state index contributed by atoms with van der Waals surface area (Å²) in [6.07, 6.45) is 1.17. The van der Waals surface area contributed by atoms with Gasteiger partial charge in [-0.1, -0.05) is 53.5 Å². The van der Waals surface area contributed by atoms with Crippen molar-refractivity contribution in [3.05, 3.63) is 52.3 Å². The number of nitrogens with zero attached hydrogens (tertiary/aromatic N) is 2. The maximum absolute atomic E-state index is 5.70. The Kier molecular flexibility index (Phi) is 6.49. The van der Waals surface area contributed by atoms with Crippen LogP contribution in [0.25, 0.3) is 0 Å². The van der Waals surface area contributed by atoms with Crippen LogP contribution < -0.4 is 11.5 Å². The SMILES string of the molecule is Cl.N[C@H]1C[C@@H]1c1ccccc1.Nc1nc(Cl)cc(Cl)n1. The monoisotopic (exact) mass is 332 g/mol. The van der Waals surface area contributed by atoms with Gasteiger partial charge in [-0.15, -0.1) is 12.4 Å². The van der Waals surface area contributed by atoms with Crippen LogP contribution in [0, 0.1) is 0 Å². The largest absolute Gasteiger partial charge is 0.368 e. The van der Waals surface area contributed by atoms with Gasteiger partial charge in [0.25, 0.3) is 0 Å². The number of nitrogen functional groups attached to an aromatic ring is 1. The molecule has 1 aromatic carbocycles.